The van der Waals surface area contributed by atoms with Gasteiger partial charge in [-0.2, -0.15) is 0 Å². The average Bonchev–Trinajstić information content (AvgIpc) is 3.09. The van der Waals surface area contributed by atoms with E-state index in [1.165, 1.54) is 6.07 Å². The van der Waals surface area contributed by atoms with Gasteiger partial charge in [0, 0.05) is 53.4 Å². The lowest BCUT2D eigenvalue weighted by Gasteiger charge is -2.36. The van der Waals surface area contributed by atoms with Crippen LogP contribution in [0, 0.1) is 5.82 Å². The van der Waals surface area contributed by atoms with Gasteiger partial charge in [-0.05, 0) is 48.4 Å². The van der Waals surface area contributed by atoms with Crippen molar-refractivity contribution in [2.75, 3.05) is 26.2 Å². The van der Waals surface area contributed by atoms with Gasteiger partial charge in [0.15, 0.2) is 0 Å². The molecule has 29 heavy (non-hydrogen) atoms. The van der Waals surface area contributed by atoms with Crippen LogP contribution in [0.15, 0.2) is 42.6 Å². The van der Waals surface area contributed by atoms with Gasteiger partial charge < -0.3 is 10.1 Å². The second kappa shape index (κ2) is 7.73. The fraction of sp³-hybridized carbons (Fsp3) is 0.318. The predicted molar refractivity (Wildman–Crippen MR) is 113 cm³/mol. The van der Waals surface area contributed by atoms with Crippen molar-refractivity contribution in [1.29, 1.82) is 0 Å². The summed E-state index contributed by atoms with van der Waals surface area (Å²) in [5.74, 6) is 0.257. The van der Waals surface area contributed by atoms with Gasteiger partial charge in [0.25, 0.3) is 0 Å². The maximum Gasteiger partial charge on any atom is 0.146 e. The van der Waals surface area contributed by atoms with E-state index >= 15 is 0 Å². The molecule has 2 aliphatic rings. The summed E-state index contributed by atoms with van der Waals surface area (Å²) in [6.45, 7) is 3.75. The molecule has 2 heterocycles. The molecule has 4 nitrogen and oxygen atoms in total. The number of benzene rings is 2. The first-order valence-electron chi connectivity index (χ1n) is 9.74. The molecular weight excluding hydrogens is 412 g/mol. The highest BCUT2D eigenvalue weighted by molar-refractivity contribution is 6.35. The van der Waals surface area contributed by atoms with E-state index in [4.69, 9.17) is 27.9 Å². The Labute approximate surface area is 178 Å². The molecule has 1 aliphatic heterocycles. The standard InChI is InChI=1S/C22H20Cl2FN3O/c23-13-10-16-15(17(24)11-13)12-19(28-8-6-26-7-9-28)22(16)29-20-4-3-18(25)14-2-1-5-27-21(14)20/h1-5,10-11,19,22,26H,6-9,12H2/t19-,22-/m0/s1. The van der Waals surface area contributed by atoms with E-state index in [0.29, 0.717) is 26.7 Å². The summed E-state index contributed by atoms with van der Waals surface area (Å²) in [4.78, 5) is 6.81. The molecule has 0 saturated carbocycles. The maximum absolute atomic E-state index is 14.2. The molecule has 1 saturated heterocycles. The van der Waals surface area contributed by atoms with E-state index in [1.807, 2.05) is 6.07 Å². The highest BCUT2D eigenvalue weighted by Crippen LogP contribution is 2.43. The first-order chi connectivity index (χ1) is 14.1. The molecule has 0 radical (unpaired) electrons. The zero-order valence-electron chi connectivity index (χ0n) is 15.7. The molecule has 0 spiro atoms. The summed E-state index contributed by atoms with van der Waals surface area (Å²) >= 11 is 12.9. The van der Waals surface area contributed by atoms with E-state index in [-0.39, 0.29) is 18.0 Å². The third-order valence-corrected chi connectivity index (χ3v) is 6.37. The molecule has 0 unspecified atom stereocenters. The van der Waals surface area contributed by atoms with E-state index in [2.05, 4.69) is 15.2 Å². The summed E-state index contributed by atoms with van der Waals surface area (Å²) in [6.07, 6.45) is 2.19. The lowest BCUT2D eigenvalue weighted by atomic mass is 10.1. The van der Waals surface area contributed by atoms with Crippen molar-refractivity contribution in [2.24, 2.45) is 0 Å². The molecule has 150 valence electrons. The first kappa shape index (κ1) is 19.1. The Hall–Kier alpha value is -1.92. The van der Waals surface area contributed by atoms with Crippen molar-refractivity contribution in [3.8, 4) is 5.75 Å². The predicted octanol–water partition coefficient (Wildman–Crippen LogP) is 4.63. The number of aromatic nitrogens is 1. The molecule has 3 aromatic rings. The first-order valence-corrected chi connectivity index (χ1v) is 10.5. The Morgan fingerprint density at radius 3 is 2.79 bits per heavy atom. The van der Waals surface area contributed by atoms with Gasteiger partial charge >= 0.3 is 0 Å². The minimum absolute atomic E-state index is 0.131. The van der Waals surface area contributed by atoms with E-state index in [1.54, 1.807) is 30.5 Å². The molecule has 2 aromatic carbocycles. The molecule has 1 fully saturated rings. The van der Waals surface area contributed by atoms with Crippen molar-refractivity contribution >= 4 is 34.1 Å². The zero-order chi connectivity index (χ0) is 20.0. The Morgan fingerprint density at radius 2 is 1.97 bits per heavy atom. The van der Waals surface area contributed by atoms with Gasteiger partial charge in [-0.25, -0.2) is 4.39 Å². The van der Waals surface area contributed by atoms with Crippen molar-refractivity contribution in [3.63, 3.8) is 0 Å². The molecular formula is C22H20Cl2FN3O. The summed E-state index contributed by atoms with van der Waals surface area (Å²) in [5.41, 5.74) is 2.59. The third kappa shape index (κ3) is 3.46. The number of ether oxygens (including phenoxy) is 1. The van der Waals surface area contributed by atoms with Crippen LogP contribution >= 0.6 is 23.2 Å². The normalized spacial score (nSPS) is 22.0. The summed E-state index contributed by atoms with van der Waals surface area (Å²) in [5, 5.41) is 5.10. The minimum Gasteiger partial charge on any atom is -0.482 e. The molecule has 2 atom stereocenters. The summed E-state index contributed by atoms with van der Waals surface area (Å²) in [6, 6.07) is 10.4. The van der Waals surface area contributed by atoms with E-state index in [9.17, 15) is 4.39 Å². The van der Waals surface area contributed by atoms with E-state index in [0.717, 1.165) is 43.7 Å². The number of fused-ring (bicyclic) bond motifs is 2. The second-order valence-electron chi connectivity index (χ2n) is 7.50. The third-order valence-electron chi connectivity index (χ3n) is 5.82. The van der Waals surface area contributed by atoms with Crippen LogP contribution in [0.5, 0.6) is 5.75 Å². The number of halogens is 3. The lowest BCUT2D eigenvalue weighted by Crippen LogP contribution is -2.50. The number of piperazine rings is 1. The van der Waals surface area contributed by atoms with Gasteiger partial charge in [-0.1, -0.05) is 23.2 Å². The van der Waals surface area contributed by atoms with Gasteiger partial charge in [0.1, 0.15) is 23.2 Å². The van der Waals surface area contributed by atoms with Crippen LogP contribution < -0.4 is 10.1 Å². The number of pyridine rings is 1. The molecule has 1 aliphatic carbocycles. The zero-order valence-corrected chi connectivity index (χ0v) is 17.2. The second-order valence-corrected chi connectivity index (χ2v) is 8.34. The molecule has 5 rings (SSSR count). The fourth-order valence-corrected chi connectivity index (χ4v) is 5.02. The minimum atomic E-state index is -0.308. The number of hydrogen-bond acceptors (Lipinski definition) is 4. The van der Waals surface area contributed by atoms with Crippen LogP contribution in [0.4, 0.5) is 4.39 Å². The number of nitrogens with one attached hydrogen (secondary N) is 1. The van der Waals surface area contributed by atoms with E-state index < -0.39 is 0 Å². The fourth-order valence-electron chi connectivity index (χ4n) is 4.44. The molecule has 1 aromatic heterocycles. The van der Waals surface area contributed by atoms with Gasteiger partial charge in [0.2, 0.25) is 0 Å². The molecule has 1 N–H and O–H groups in total. The Bertz CT molecular complexity index is 1070. The van der Waals surface area contributed by atoms with Gasteiger partial charge in [-0.15, -0.1) is 0 Å². The van der Waals surface area contributed by atoms with Crippen LogP contribution in [0.3, 0.4) is 0 Å². The molecule has 0 amide bonds. The van der Waals surface area contributed by atoms with Crippen LogP contribution in [-0.2, 0) is 6.42 Å². The number of nitrogens with zero attached hydrogens (tertiary/aromatic N) is 2. The lowest BCUT2D eigenvalue weighted by molar-refractivity contribution is 0.0702. The Morgan fingerprint density at radius 1 is 1.14 bits per heavy atom. The van der Waals surface area contributed by atoms with Crippen LogP contribution in [0.25, 0.3) is 10.9 Å². The number of hydrogen-bond donors (Lipinski definition) is 1. The smallest absolute Gasteiger partial charge is 0.146 e. The van der Waals surface area contributed by atoms with Crippen molar-refractivity contribution in [1.82, 2.24) is 15.2 Å². The maximum atomic E-state index is 14.2. The highest BCUT2D eigenvalue weighted by atomic mass is 35.5. The van der Waals surface area contributed by atoms with Crippen molar-refractivity contribution < 1.29 is 9.13 Å². The molecule has 0 bridgehead atoms. The Kier molecular flexibility index (Phi) is 5.08. The largest absolute Gasteiger partial charge is 0.482 e. The van der Waals surface area contributed by atoms with Crippen LogP contribution in [0.1, 0.15) is 17.2 Å². The van der Waals surface area contributed by atoms with Crippen LogP contribution in [0.2, 0.25) is 10.0 Å². The van der Waals surface area contributed by atoms with Crippen molar-refractivity contribution in [3.05, 3.63) is 69.6 Å². The molecule has 7 heteroatoms. The highest BCUT2D eigenvalue weighted by Gasteiger charge is 2.40. The van der Waals surface area contributed by atoms with Gasteiger partial charge in [-0.3, -0.25) is 9.88 Å². The Balaban J connectivity index is 1.58. The summed E-state index contributed by atoms with van der Waals surface area (Å²) in [7, 11) is 0. The summed E-state index contributed by atoms with van der Waals surface area (Å²) < 4.78 is 20.8. The van der Waals surface area contributed by atoms with Gasteiger partial charge in [0.05, 0.1) is 6.04 Å². The topological polar surface area (TPSA) is 37.4 Å². The SMILES string of the molecule is Fc1ccc(O[C@H]2c3cc(Cl)cc(Cl)c3C[C@@H]2N2CCNCC2)c2ncccc12. The average molecular weight is 432 g/mol. The monoisotopic (exact) mass is 431 g/mol. The quantitative estimate of drug-likeness (QED) is 0.655. The number of rotatable bonds is 3. The van der Waals surface area contributed by atoms with Crippen LogP contribution in [-0.4, -0.2) is 42.1 Å². The van der Waals surface area contributed by atoms with Crippen molar-refractivity contribution in [2.45, 2.75) is 18.6 Å².